The van der Waals surface area contributed by atoms with Crippen LogP contribution in [0.2, 0.25) is 0 Å². The lowest BCUT2D eigenvalue weighted by Gasteiger charge is -2.34. The normalized spacial score (nSPS) is 23.7. The van der Waals surface area contributed by atoms with Crippen LogP contribution in [0.5, 0.6) is 0 Å². The molecule has 0 bridgehead atoms. The van der Waals surface area contributed by atoms with Crippen LogP contribution < -0.4 is 5.32 Å². The zero-order valence-electron chi connectivity index (χ0n) is 10.1. The molecular weight excluding hydrogens is 362 g/mol. The van der Waals surface area contributed by atoms with Gasteiger partial charge in [0.2, 0.25) is 0 Å². The Kier molecular flexibility index (Phi) is 4.45. The molecule has 1 aliphatic rings. The third-order valence-electron chi connectivity index (χ3n) is 3.03. The van der Waals surface area contributed by atoms with E-state index in [-0.39, 0.29) is 11.4 Å². The predicted octanol–water partition coefficient (Wildman–Crippen LogP) is 3.51. The maximum Gasteiger partial charge on any atom is 0.252 e. The van der Waals surface area contributed by atoms with E-state index in [2.05, 4.69) is 37.2 Å². The number of carbonyl (C=O) groups is 1. The number of halogens is 2. The van der Waals surface area contributed by atoms with E-state index in [9.17, 15) is 4.79 Å². The summed E-state index contributed by atoms with van der Waals surface area (Å²) in [7, 11) is 0. The average Bonchev–Trinajstić information content (AvgIpc) is 2.28. The fourth-order valence-electron chi connectivity index (χ4n) is 2.05. The Balaban J connectivity index is 2.11. The Morgan fingerprint density at radius 1 is 1.44 bits per heavy atom. The second-order valence-corrected chi connectivity index (χ2v) is 6.57. The molecule has 0 radical (unpaired) electrons. The molecule has 98 valence electrons. The van der Waals surface area contributed by atoms with Gasteiger partial charge in [-0.2, -0.15) is 0 Å². The minimum absolute atomic E-state index is 0.0672. The van der Waals surface area contributed by atoms with E-state index in [1.807, 2.05) is 19.1 Å². The van der Waals surface area contributed by atoms with Gasteiger partial charge >= 0.3 is 0 Å². The first kappa shape index (κ1) is 14.0. The van der Waals surface area contributed by atoms with Gasteiger partial charge < -0.3 is 10.1 Å². The average molecular weight is 377 g/mol. The predicted molar refractivity (Wildman–Crippen MR) is 77.8 cm³/mol. The third kappa shape index (κ3) is 3.33. The Morgan fingerprint density at radius 3 is 2.83 bits per heavy atom. The van der Waals surface area contributed by atoms with Gasteiger partial charge in [-0.15, -0.1) is 0 Å². The second-order valence-electron chi connectivity index (χ2n) is 4.80. The highest BCUT2D eigenvalue weighted by Gasteiger charge is 2.30. The summed E-state index contributed by atoms with van der Waals surface area (Å²) in [5.41, 5.74) is 0.381. The van der Waals surface area contributed by atoms with Gasteiger partial charge in [0, 0.05) is 15.6 Å². The fraction of sp³-hybridized carbons (Fsp3) is 0.462. The van der Waals surface area contributed by atoms with Gasteiger partial charge in [-0.25, -0.2) is 0 Å². The lowest BCUT2D eigenvalue weighted by atomic mass is 9.94. The molecule has 1 amide bonds. The van der Waals surface area contributed by atoms with E-state index in [4.69, 9.17) is 4.74 Å². The first-order valence-corrected chi connectivity index (χ1v) is 7.44. The summed E-state index contributed by atoms with van der Waals surface area (Å²) in [5.74, 6) is -0.0672. The van der Waals surface area contributed by atoms with E-state index in [1.165, 1.54) is 0 Å². The van der Waals surface area contributed by atoms with Crippen LogP contribution in [0.4, 0.5) is 0 Å². The zero-order valence-corrected chi connectivity index (χ0v) is 13.3. The summed E-state index contributed by atoms with van der Waals surface area (Å²) in [6, 6.07) is 5.53. The van der Waals surface area contributed by atoms with Crippen molar-refractivity contribution in [2.24, 2.45) is 0 Å². The van der Waals surface area contributed by atoms with Crippen LogP contribution in [0.15, 0.2) is 27.1 Å². The summed E-state index contributed by atoms with van der Waals surface area (Å²) >= 11 is 6.78. The highest BCUT2D eigenvalue weighted by molar-refractivity contribution is 9.11. The van der Waals surface area contributed by atoms with E-state index in [1.54, 1.807) is 6.07 Å². The molecule has 1 aromatic rings. The molecule has 0 spiro atoms. The first-order chi connectivity index (χ1) is 8.50. The Labute approximate surface area is 124 Å². The molecule has 3 nitrogen and oxygen atoms in total. The van der Waals surface area contributed by atoms with Gasteiger partial charge in [-0.3, -0.25) is 4.79 Å². The number of ether oxygens (including phenoxy) is 1. The smallest absolute Gasteiger partial charge is 0.252 e. The van der Waals surface area contributed by atoms with Crippen molar-refractivity contribution in [3.8, 4) is 0 Å². The van der Waals surface area contributed by atoms with Gasteiger partial charge in [-0.05, 0) is 53.9 Å². The lowest BCUT2D eigenvalue weighted by molar-refractivity contribution is 0.0272. The van der Waals surface area contributed by atoms with E-state index >= 15 is 0 Å². The number of nitrogens with one attached hydrogen (secondary N) is 1. The number of carbonyl (C=O) groups excluding carboxylic acids is 1. The van der Waals surface area contributed by atoms with Crippen molar-refractivity contribution in [2.45, 2.75) is 25.3 Å². The standard InChI is InChI=1S/C13H15Br2NO2/c1-13(5-2-6-18-8-13)16-12(17)10-4-3-9(14)7-11(10)15/h3-4,7H,2,5-6,8H2,1H3,(H,16,17). The fourth-order valence-corrected chi connectivity index (χ4v) is 3.27. The van der Waals surface area contributed by atoms with Crippen molar-refractivity contribution in [3.05, 3.63) is 32.7 Å². The largest absolute Gasteiger partial charge is 0.379 e. The molecule has 1 atom stereocenters. The molecule has 1 heterocycles. The van der Waals surface area contributed by atoms with Gasteiger partial charge in [0.1, 0.15) is 0 Å². The molecule has 18 heavy (non-hydrogen) atoms. The molecule has 2 rings (SSSR count). The highest BCUT2D eigenvalue weighted by Crippen LogP contribution is 2.24. The molecule has 1 fully saturated rings. The lowest BCUT2D eigenvalue weighted by Crippen LogP contribution is -2.51. The van der Waals surface area contributed by atoms with Crippen LogP contribution in [-0.2, 0) is 4.74 Å². The van der Waals surface area contributed by atoms with Crippen molar-refractivity contribution in [1.29, 1.82) is 0 Å². The minimum Gasteiger partial charge on any atom is -0.379 e. The monoisotopic (exact) mass is 375 g/mol. The van der Waals surface area contributed by atoms with Crippen LogP contribution in [0.25, 0.3) is 0 Å². The van der Waals surface area contributed by atoms with Crippen LogP contribution in [0.1, 0.15) is 30.1 Å². The quantitative estimate of drug-likeness (QED) is 0.857. The Hall–Kier alpha value is -0.390. The number of rotatable bonds is 2. The van der Waals surface area contributed by atoms with Gasteiger partial charge in [0.15, 0.2) is 0 Å². The number of hydrogen-bond acceptors (Lipinski definition) is 2. The molecule has 1 unspecified atom stereocenters. The zero-order chi connectivity index (χ0) is 13.2. The van der Waals surface area contributed by atoms with Gasteiger partial charge in [0.05, 0.1) is 17.7 Å². The third-order valence-corrected chi connectivity index (χ3v) is 4.18. The molecule has 0 aliphatic carbocycles. The summed E-state index contributed by atoms with van der Waals surface area (Å²) in [6.45, 7) is 3.39. The maximum absolute atomic E-state index is 12.2. The van der Waals surface area contributed by atoms with E-state index < -0.39 is 0 Å². The molecule has 0 saturated carbocycles. The molecular formula is C13H15Br2NO2. The van der Waals surface area contributed by atoms with Gasteiger partial charge in [-0.1, -0.05) is 15.9 Å². The van der Waals surface area contributed by atoms with Crippen molar-refractivity contribution >= 4 is 37.8 Å². The molecule has 0 aromatic heterocycles. The second kappa shape index (κ2) is 5.72. The van der Waals surface area contributed by atoms with Crippen molar-refractivity contribution in [1.82, 2.24) is 5.32 Å². The summed E-state index contributed by atoms with van der Waals surface area (Å²) < 4.78 is 7.17. The van der Waals surface area contributed by atoms with Crippen LogP contribution in [0.3, 0.4) is 0 Å². The van der Waals surface area contributed by atoms with E-state index in [0.29, 0.717) is 12.2 Å². The molecule has 1 N–H and O–H groups in total. The van der Waals surface area contributed by atoms with Crippen LogP contribution in [0, 0.1) is 0 Å². The first-order valence-electron chi connectivity index (χ1n) is 5.85. The number of hydrogen-bond donors (Lipinski definition) is 1. The maximum atomic E-state index is 12.2. The molecule has 5 heteroatoms. The van der Waals surface area contributed by atoms with Crippen LogP contribution in [-0.4, -0.2) is 24.7 Å². The summed E-state index contributed by atoms with van der Waals surface area (Å²) in [4.78, 5) is 12.2. The van der Waals surface area contributed by atoms with Gasteiger partial charge in [0.25, 0.3) is 5.91 Å². The van der Waals surface area contributed by atoms with Crippen molar-refractivity contribution in [3.63, 3.8) is 0 Å². The number of amides is 1. The van der Waals surface area contributed by atoms with Crippen LogP contribution >= 0.6 is 31.9 Å². The highest BCUT2D eigenvalue weighted by atomic mass is 79.9. The summed E-state index contributed by atoms with van der Waals surface area (Å²) in [6.07, 6.45) is 1.94. The van der Waals surface area contributed by atoms with E-state index in [0.717, 1.165) is 28.4 Å². The number of benzene rings is 1. The molecule has 1 saturated heterocycles. The Morgan fingerprint density at radius 2 is 2.22 bits per heavy atom. The summed E-state index contributed by atoms with van der Waals surface area (Å²) in [5, 5.41) is 3.06. The van der Waals surface area contributed by atoms with Crippen molar-refractivity contribution in [2.75, 3.05) is 13.2 Å². The topological polar surface area (TPSA) is 38.3 Å². The Bertz CT molecular complexity index is 456. The molecule has 1 aliphatic heterocycles. The molecule has 1 aromatic carbocycles. The SMILES string of the molecule is CC1(NC(=O)c2ccc(Br)cc2Br)CCCOC1. The van der Waals surface area contributed by atoms with Crippen molar-refractivity contribution < 1.29 is 9.53 Å². The minimum atomic E-state index is -0.262.